The zero-order valence-electron chi connectivity index (χ0n) is 19.1. The fourth-order valence-corrected chi connectivity index (χ4v) is 5.02. The molecular weight excluding hydrogens is 524 g/mol. The lowest BCUT2D eigenvalue weighted by molar-refractivity contribution is -0.131. The summed E-state index contributed by atoms with van der Waals surface area (Å²) >= 11 is 7.44. The molecule has 0 bridgehead atoms. The lowest BCUT2D eigenvalue weighted by Crippen LogP contribution is -2.47. The van der Waals surface area contributed by atoms with Crippen LogP contribution in [0.15, 0.2) is 57.0 Å². The molecular formula is C23H20N4O6S3. The Hall–Kier alpha value is -3.55. The van der Waals surface area contributed by atoms with Crippen LogP contribution in [0, 0.1) is 0 Å². The molecule has 2 N–H and O–H groups in total. The molecule has 13 heteroatoms. The van der Waals surface area contributed by atoms with Crippen LogP contribution in [0.1, 0.15) is 5.56 Å². The van der Waals surface area contributed by atoms with Crippen molar-refractivity contribution >= 4 is 75.0 Å². The van der Waals surface area contributed by atoms with Gasteiger partial charge in [-0.1, -0.05) is 53.9 Å². The molecule has 0 saturated carbocycles. The highest BCUT2D eigenvalue weighted by Gasteiger charge is 2.33. The van der Waals surface area contributed by atoms with Gasteiger partial charge in [0, 0.05) is 0 Å². The van der Waals surface area contributed by atoms with Crippen molar-refractivity contribution in [2.45, 2.75) is 5.22 Å². The summed E-state index contributed by atoms with van der Waals surface area (Å²) in [5, 5.41) is 0.344. The number of methoxy groups -OCH3 is 2. The fourth-order valence-electron chi connectivity index (χ4n) is 3.13. The molecule has 0 radical (unpaired) electrons. The van der Waals surface area contributed by atoms with E-state index in [0.29, 0.717) is 38.3 Å². The summed E-state index contributed by atoms with van der Waals surface area (Å²) in [4.78, 5) is 43.0. The van der Waals surface area contributed by atoms with Gasteiger partial charge < -0.3 is 13.9 Å². The van der Waals surface area contributed by atoms with E-state index in [4.69, 9.17) is 26.1 Å². The molecule has 1 aliphatic rings. The lowest BCUT2D eigenvalue weighted by atomic mass is 10.2. The molecule has 3 amide bonds. The van der Waals surface area contributed by atoms with E-state index < -0.39 is 17.7 Å². The Kier molecular flexibility index (Phi) is 8.13. The quantitative estimate of drug-likeness (QED) is 0.189. The summed E-state index contributed by atoms with van der Waals surface area (Å²) in [6, 6.07) is 12.5. The van der Waals surface area contributed by atoms with Crippen molar-refractivity contribution in [3.63, 3.8) is 0 Å². The van der Waals surface area contributed by atoms with Gasteiger partial charge in [0.1, 0.15) is 16.4 Å². The zero-order chi connectivity index (χ0) is 25.7. The van der Waals surface area contributed by atoms with Gasteiger partial charge in [-0.05, 0) is 35.9 Å². The highest BCUT2D eigenvalue weighted by atomic mass is 32.2. The number of ether oxygens (including phenoxy) is 2. The number of rotatable bonds is 8. The standard InChI is InChI=1S/C23H20N4O6S3/c1-31-16-8-7-13(9-17(16)32-2)10-18-21(30)27(23(34)36-18)11-19(28)25-26-20(29)12-35-22-24-14-5-3-4-6-15(14)33-22/h3-10H,11-12H2,1-2H3,(H,25,28)(H,26,29). The number of thioether (sulfide) groups is 2. The van der Waals surface area contributed by atoms with Crippen LogP contribution in [-0.4, -0.2) is 58.4 Å². The van der Waals surface area contributed by atoms with Crippen LogP contribution < -0.4 is 20.3 Å². The molecule has 0 atom stereocenters. The molecule has 2 heterocycles. The molecule has 4 rings (SSSR count). The van der Waals surface area contributed by atoms with E-state index in [9.17, 15) is 14.4 Å². The van der Waals surface area contributed by atoms with Gasteiger partial charge in [0.15, 0.2) is 17.1 Å². The van der Waals surface area contributed by atoms with Crippen molar-refractivity contribution in [3.05, 3.63) is 52.9 Å². The van der Waals surface area contributed by atoms with Crippen LogP contribution in [0.4, 0.5) is 0 Å². The van der Waals surface area contributed by atoms with Gasteiger partial charge in [0.25, 0.3) is 17.0 Å². The van der Waals surface area contributed by atoms with E-state index in [-0.39, 0.29) is 16.6 Å². The molecule has 1 saturated heterocycles. The van der Waals surface area contributed by atoms with Crippen LogP contribution in [-0.2, 0) is 14.4 Å². The number of nitrogens with zero attached hydrogens (tertiary/aromatic N) is 2. The Morgan fingerprint density at radius 1 is 1.14 bits per heavy atom. The second-order valence-corrected chi connectivity index (χ2v) is 9.82. The van der Waals surface area contributed by atoms with Gasteiger partial charge in [-0.3, -0.25) is 30.1 Å². The highest BCUT2D eigenvalue weighted by molar-refractivity contribution is 8.26. The first-order chi connectivity index (χ1) is 17.4. The van der Waals surface area contributed by atoms with Crippen LogP contribution in [0.5, 0.6) is 11.5 Å². The Morgan fingerprint density at radius 2 is 1.89 bits per heavy atom. The summed E-state index contributed by atoms with van der Waals surface area (Å²) in [6.07, 6.45) is 1.66. The predicted octanol–water partition coefficient (Wildman–Crippen LogP) is 2.99. The maximum absolute atomic E-state index is 12.8. The van der Waals surface area contributed by atoms with Crippen molar-refractivity contribution in [3.8, 4) is 11.5 Å². The van der Waals surface area contributed by atoms with Crippen molar-refractivity contribution < 1.29 is 28.3 Å². The van der Waals surface area contributed by atoms with Crippen LogP contribution in [0.3, 0.4) is 0 Å². The molecule has 2 aromatic carbocycles. The number of carbonyl (C=O) groups is 3. The number of oxazole rings is 1. The van der Waals surface area contributed by atoms with Gasteiger partial charge in [0.05, 0.1) is 24.9 Å². The number of benzene rings is 2. The minimum atomic E-state index is -0.598. The summed E-state index contributed by atoms with van der Waals surface area (Å²) in [7, 11) is 3.06. The minimum absolute atomic E-state index is 0.0256. The van der Waals surface area contributed by atoms with Crippen molar-refractivity contribution in [1.29, 1.82) is 0 Å². The normalized spacial score (nSPS) is 14.4. The number of aromatic nitrogens is 1. The fraction of sp³-hybridized carbons (Fsp3) is 0.174. The first-order valence-electron chi connectivity index (χ1n) is 10.4. The minimum Gasteiger partial charge on any atom is -0.493 e. The Bertz CT molecular complexity index is 1340. The molecule has 10 nitrogen and oxygen atoms in total. The Balaban J connectivity index is 1.28. The number of hydrogen-bond acceptors (Lipinski definition) is 10. The second kappa shape index (κ2) is 11.5. The number of thiocarbonyl (C=S) groups is 1. The number of amides is 3. The third-order valence-electron chi connectivity index (χ3n) is 4.82. The van der Waals surface area contributed by atoms with Gasteiger partial charge >= 0.3 is 0 Å². The predicted molar refractivity (Wildman–Crippen MR) is 140 cm³/mol. The molecule has 3 aromatic rings. The van der Waals surface area contributed by atoms with Crippen molar-refractivity contribution in [2.24, 2.45) is 0 Å². The molecule has 1 fully saturated rings. The lowest BCUT2D eigenvalue weighted by Gasteiger charge is -2.14. The number of para-hydroxylation sites is 2. The van der Waals surface area contributed by atoms with E-state index in [0.717, 1.165) is 23.5 Å². The Labute approximate surface area is 219 Å². The highest BCUT2D eigenvalue weighted by Crippen LogP contribution is 2.34. The second-order valence-electron chi connectivity index (χ2n) is 7.21. The first kappa shape index (κ1) is 25.5. The maximum Gasteiger partial charge on any atom is 0.266 e. The molecule has 36 heavy (non-hydrogen) atoms. The van der Waals surface area contributed by atoms with Crippen LogP contribution in [0.2, 0.25) is 0 Å². The summed E-state index contributed by atoms with van der Waals surface area (Å²) in [5.74, 6) is -0.414. The topological polar surface area (TPSA) is 123 Å². The monoisotopic (exact) mass is 544 g/mol. The third kappa shape index (κ3) is 5.98. The largest absolute Gasteiger partial charge is 0.493 e. The summed E-state index contributed by atoms with van der Waals surface area (Å²) in [5.41, 5.74) is 6.62. The zero-order valence-corrected chi connectivity index (χ0v) is 21.6. The van der Waals surface area contributed by atoms with Crippen molar-refractivity contribution in [2.75, 3.05) is 26.5 Å². The average Bonchev–Trinajstić information content (AvgIpc) is 3.41. The summed E-state index contributed by atoms with van der Waals surface area (Å²) < 4.78 is 16.3. The van der Waals surface area contributed by atoms with E-state index in [2.05, 4.69) is 15.8 Å². The van der Waals surface area contributed by atoms with Crippen molar-refractivity contribution in [1.82, 2.24) is 20.7 Å². The number of hydrazine groups is 1. The average molecular weight is 545 g/mol. The van der Waals surface area contributed by atoms with Crippen LogP contribution >= 0.6 is 35.7 Å². The SMILES string of the molecule is COc1ccc(C=C2SC(=S)N(CC(=O)NNC(=O)CSc3nc4ccccc4o3)C2=O)cc1OC. The smallest absolute Gasteiger partial charge is 0.266 e. The summed E-state index contributed by atoms with van der Waals surface area (Å²) in [6.45, 7) is -0.341. The molecule has 0 spiro atoms. The molecule has 1 aliphatic heterocycles. The number of fused-ring (bicyclic) bond motifs is 1. The van der Waals surface area contributed by atoms with Gasteiger partial charge in [0.2, 0.25) is 5.91 Å². The van der Waals surface area contributed by atoms with E-state index in [1.165, 1.54) is 19.1 Å². The first-order valence-corrected chi connectivity index (χ1v) is 12.6. The molecule has 0 unspecified atom stereocenters. The Morgan fingerprint density at radius 3 is 2.64 bits per heavy atom. The van der Waals surface area contributed by atoms with Gasteiger partial charge in [-0.15, -0.1) is 0 Å². The van der Waals surface area contributed by atoms with E-state index >= 15 is 0 Å². The number of carbonyl (C=O) groups excluding carboxylic acids is 3. The molecule has 0 aliphatic carbocycles. The molecule has 1 aromatic heterocycles. The van der Waals surface area contributed by atoms with E-state index in [1.54, 1.807) is 36.4 Å². The van der Waals surface area contributed by atoms with Gasteiger partial charge in [-0.25, -0.2) is 4.98 Å². The third-order valence-corrected chi connectivity index (χ3v) is 7.03. The maximum atomic E-state index is 12.8. The number of hydrogen-bond donors (Lipinski definition) is 2. The van der Waals surface area contributed by atoms with Gasteiger partial charge in [-0.2, -0.15) is 0 Å². The number of nitrogens with one attached hydrogen (secondary N) is 2. The van der Waals surface area contributed by atoms with Crippen LogP contribution in [0.25, 0.3) is 17.2 Å². The van der Waals surface area contributed by atoms with E-state index in [1.807, 2.05) is 12.1 Å². The molecule has 186 valence electrons.